The van der Waals surface area contributed by atoms with E-state index in [0.717, 1.165) is 45.1 Å². The average molecular weight is 301 g/mol. The molecule has 0 amide bonds. The zero-order valence-corrected chi connectivity index (χ0v) is 13.1. The molecule has 2 aromatic heterocycles. The highest BCUT2D eigenvalue weighted by atomic mass is 16.5. The second kappa shape index (κ2) is 7.26. The lowest BCUT2D eigenvalue weighted by molar-refractivity contribution is 0.243. The summed E-state index contributed by atoms with van der Waals surface area (Å²) in [7, 11) is 0. The Labute approximate surface area is 131 Å². The Balaban J connectivity index is 1.49. The first-order valence-electron chi connectivity index (χ1n) is 7.90. The van der Waals surface area contributed by atoms with Gasteiger partial charge >= 0.3 is 0 Å². The fraction of sp³-hybridized carbons (Fsp3) is 0.500. The van der Waals surface area contributed by atoms with Crippen LogP contribution in [0.3, 0.4) is 0 Å². The van der Waals surface area contributed by atoms with Crippen LogP contribution in [0, 0.1) is 0 Å². The molecule has 1 fully saturated rings. The summed E-state index contributed by atoms with van der Waals surface area (Å²) in [5.74, 6) is 1.72. The van der Waals surface area contributed by atoms with Gasteiger partial charge in [0.15, 0.2) is 0 Å². The molecule has 0 atom stereocenters. The van der Waals surface area contributed by atoms with Gasteiger partial charge in [0.1, 0.15) is 5.82 Å². The highest BCUT2D eigenvalue weighted by molar-refractivity contribution is 5.41. The molecule has 6 heteroatoms. The number of pyridine rings is 1. The van der Waals surface area contributed by atoms with E-state index in [1.54, 1.807) is 0 Å². The Morgan fingerprint density at radius 1 is 1.09 bits per heavy atom. The first-order chi connectivity index (χ1) is 10.8. The van der Waals surface area contributed by atoms with Gasteiger partial charge in [-0.1, -0.05) is 6.07 Å². The van der Waals surface area contributed by atoms with Crippen molar-refractivity contribution in [2.75, 3.05) is 44.2 Å². The Morgan fingerprint density at radius 3 is 2.68 bits per heavy atom. The lowest BCUT2D eigenvalue weighted by atomic mass is 10.3. The van der Waals surface area contributed by atoms with E-state index < -0.39 is 0 Å². The highest BCUT2D eigenvalue weighted by Crippen LogP contribution is 2.17. The third kappa shape index (κ3) is 3.76. The Morgan fingerprint density at radius 2 is 1.95 bits per heavy atom. The van der Waals surface area contributed by atoms with E-state index >= 15 is 0 Å². The maximum Gasteiger partial charge on any atom is 0.215 e. The summed E-state index contributed by atoms with van der Waals surface area (Å²) in [6.07, 6.45) is 3.84. The molecule has 0 radical (unpaired) electrons. The molecule has 1 aliphatic rings. The first kappa shape index (κ1) is 14.8. The molecule has 6 nitrogen and oxygen atoms in total. The summed E-state index contributed by atoms with van der Waals surface area (Å²) in [6.45, 7) is 8.74. The van der Waals surface area contributed by atoms with Gasteiger partial charge in [0.25, 0.3) is 0 Å². The smallest absolute Gasteiger partial charge is 0.215 e. The van der Waals surface area contributed by atoms with E-state index in [-0.39, 0.29) is 0 Å². The van der Waals surface area contributed by atoms with Gasteiger partial charge in [0.2, 0.25) is 5.88 Å². The van der Waals surface area contributed by atoms with Crippen molar-refractivity contribution < 1.29 is 4.74 Å². The van der Waals surface area contributed by atoms with Crippen LogP contribution in [0.2, 0.25) is 0 Å². The van der Waals surface area contributed by atoms with E-state index in [4.69, 9.17) is 4.74 Å². The molecule has 1 saturated heterocycles. The molecule has 0 bridgehead atoms. The SMILES string of the molecule is CCOc1cccc(N2CCN(CCn3cccn3)CC2)n1. The van der Waals surface area contributed by atoms with Crippen molar-refractivity contribution in [3.05, 3.63) is 36.7 Å². The number of nitrogens with zero attached hydrogens (tertiary/aromatic N) is 5. The molecule has 0 aliphatic carbocycles. The molecule has 22 heavy (non-hydrogen) atoms. The summed E-state index contributed by atoms with van der Waals surface area (Å²) in [6, 6.07) is 7.95. The summed E-state index contributed by atoms with van der Waals surface area (Å²) >= 11 is 0. The van der Waals surface area contributed by atoms with Gasteiger partial charge in [0.05, 0.1) is 13.2 Å². The van der Waals surface area contributed by atoms with Crippen LogP contribution in [0.1, 0.15) is 6.92 Å². The molecule has 0 spiro atoms. The topological polar surface area (TPSA) is 46.4 Å². The predicted molar refractivity (Wildman–Crippen MR) is 86.3 cm³/mol. The fourth-order valence-corrected chi connectivity index (χ4v) is 2.69. The number of piperazine rings is 1. The van der Waals surface area contributed by atoms with Crippen molar-refractivity contribution in [1.82, 2.24) is 19.7 Å². The standard InChI is InChI=1S/C16H23N5O/c1-2-22-16-6-3-5-15(18-16)20-12-9-19(10-13-20)11-14-21-8-4-7-17-21/h3-8H,2,9-14H2,1H3. The molecule has 3 rings (SSSR count). The first-order valence-corrected chi connectivity index (χ1v) is 7.90. The minimum absolute atomic E-state index is 0.650. The zero-order valence-electron chi connectivity index (χ0n) is 13.1. The van der Waals surface area contributed by atoms with Gasteiger partial charge in [0, 0.05) is 51.2 Å². The number of rotatable bonds is 6. The Hall–Kier alpha value is -2.08. The summed E-state index contributed by atoms with van der Waals surface area (Å²) < 4.78 is 7.47. The van der Waals surface area contributed by atoms with Crippen molar-refractivity contribution in [3.8, 4) is 5.88 Å². The predicted octanol–water partition coefficient (Wildman–Crippen LogP) is 1.50. The number of hydrogen-bond donors (Lipinski definition) is 0. The normalized spacial score (nSPS) is 16.0. The maximum atomic E-state index is 5.48. The Kier molecular flexibility index (Phi) is 4.90. The summed E-state index contributed by atoms with van der Waals surface area (Å²) in [5, 5.41) is 4.25. The number of hydrogen-bond acceptors (Lipinski definition) is 5. The third-order valence-electron chi connectivity index (χ3n) is 3.90. The van der Waals surface area contributed by atoms with Crippen LogP contribution in [-0.4, -0.2) is 59.0 Å². The van der Waals surface area contributed by atoms with Crippen molar-refractivity contribution in [3.63, 3.8) is 0 Å². The van der Waals surface area contributed by atoms with Crippen LogP contribution in [0.15, 0.2) is 36.7 Å². The molecular formula is C16H23N5O. The minimum Gasteiger partial charge on any atom is -0.478 e. The third-order valence-corrected chi connectivity index (χ3v) is 3.90. The maximum absolute atomic E-state index is 5.48. The lowest BCUT2D eigenvalue weighted by Crippen LogP contribution is -2.47. The number of anilines is 1. The van der Waals surface area contributed by atoms with Crippen LogP contribution >= 0.6 is 0 Å². The van der Waals surface area contributed by atoms with Gasteiger partial charge in [-0.05, 0) is 19.1 Å². The second-order valence-electron chi connectivity index (χ2n) is 5.36. The molecule has 0 saturated carbocycles. The van der Waals surface area contributed by atoms with Gasteiger partial charge in [-0.25, -0.2) is 0 Å². The average Bonchev–Trinajstić information content (AvgIpc) is 3.08. The van der Waals surface area contributed by atoms with Crippen molar-refractivity contribution in [2.45, 2.75) is 13.5 Å². The summed E-state index contributed by atoms with van der Waals surface area (Å²) in [5.41, 5.74) is 0. The van der Waals surface area contributed by atoms with Crippen molar-refractivity contribution >= 4 is 5.82 Å². The molecular weight excluding hydrogens is 278 g/mol. The molecule has 118 valence electrons. The quantitative estimate of drug-likeness (QED) is 0.809. The van der Waals surface area contributed by atoms with Crippen molar-refractivity contribution in [2.24, 2.45) is 0 Å². The molecule has 0 unspecified atom stereocenters. The van der Waals surface area contributed by atoms with E-state index in [0.29, 0.717) is 12.5 Å². The number of ether oxygens (including phenoxy) is 1. The Bertz CT molecular complexity index is 564. The highest BCUT2D eigenvalue weighted by Gasteiger charge is 2.18. The van der Waals surface area contributed by atoms with Crippen LogP contribution < -0.4 is 9.64 Å². The summed E-state index contributed by atoms with van der Waals surface area (Å²) in [4.78, 5) is 9.37. The van der Waals surface area contributed by atoms with Gasteiger partial charge in [-0.15, -0.1) is 0 Å². The fourth-order valence-electron chi connectivity index (χ4n) is 2.69. The van der Waals surface area contributed by atoms with Crippen LogP contribution in [-0.2, 0) is 6.54 Å². The largest absolute Gasteiger partial charge is 0.478 e. The van der Waals surface area contributed by atoms with E-state index in [9.17, 15) is 0 Å². The van der Waals surface area contributed by atoms with Crippen molar-refractivity contribution in [1.29, 1.82) is 0 Å². The minimum atomic E-state index is 0.650. The zero-order chi connectivity index (χ0) is 15.2. The van der Waals surface area contributed by atoms with Crippen LogP contribution in [0.5, 0.6) is 5.88 Å². The monoisotopic (exact) mass is 301 g/mol. The van der Waals surface area contributed by atoms with Crippen LogP contribution in [0.4, 0.5) is 5.82 Å². The lowest BCUT2D eigenvalue weighted by Gasteiger charge is -2.35. The van der Waals surface area contributed by atoms with Gasteiger partial charge in [-0.3, -0.25) is 9.58 Å². The number of aromatic nitrogens is 3. The molecule has 0 aromatic carbocycles. The van der Waals surface area contributed by atoms with E-state index in [1.165, 1.54) is 0 Å². The van der Waals surface area contributed by atoms with E-state index in [2.05, 4.69) is 25.9 Å². The van der Waals surface area contributed by atoms with Gasteiger partial charge in [-0.2, -0.15) is 10.1 Å². The molecule has 1 aliphatic heterocycles. The van der Waals surface area contributed by atoms with Crippen LogP contribution in [0.25, 0.3) is 0 Å². The second-order valence-corrected chi connectivity index (χ2v) is 5.36. The molecule has 3 heterocycles. The molecule has 0 N–H and O–H groups in total. The van der Waals surface area contributed by atoms with E-state index in [1.807, 2.05) is 42.2 Å². The van der Waals surface area contributed by atoms with Gasteiger partial charge < -0.3 is 9.64 Å². The molecule has 2 aromatic rings.